The predicted molar refractivity (Wildman–Crippen MR) is 97.9 cm³/mol. The zero-order valence-electron chi connectivity index (χ0n) is 14.0. The van der Waals surface area contributed by atoms with E-state index < -0.39 is 17.7 Å². The number of amides is 1. The molecule has 26 heavy (non-hydrogen) atoms. The minimum atomic E-state index is -0.810. The average molecular weight is 393 g/mol. The number of halogens is 2. The zero-order valence-corrected chi connectivity index (χ0v) is 15.5. The molecule has 134 valence electrons. The van der Waals surface area contributed by atoms with Crippen molar-refractivity contribution in [2.75, 3.05) is 7.11 Å². The van der Waals surface area contributed by atoms with Crippen LogP contribution in [0.1, 0.15) is 15.9 Å². The summed E-state index contributed by atoms with van der Waals surface area (Å²) in [4.78, 5) is 28.5. The van der Waals surface area contributed by atoms with Crippen molar-refractivity contribution in [3.8, 4) is 0 Å². The van der Waals surface area contributed by atoms with Crippen molar-refractivity contribution in [2.24, 2.45) is 4.99 Å². The molecule has 0 aliphatic carbocycles. The highest BCUT2D eigenvalue weighted by atomic mass is 35.5. The fourth-order valence-electron chi connectivity index (χ4n) is 2.46. The second-order valence-electron chi connectivity index (χ2n) is 5.53. The van der Waals surface area contributed by atoms with Crippen LogP contribution in [0.4, 0.5) is 4.39 Å². The summed E-state index contributed by atoms with van der Waals surface area (Å²) in [7, 11) is 1.28. The summed E-state index contributed by atoms with van der Waals surface area (Å²) in [5.74, 6) is -2.04. The molecule has 1 amide bonds. The lowest BCUT2D eigenvalue weighted by Gasteiger charge is -2.04. The summed E-state index contributed by atoms with van der Waals surface area (Å²) < 4.78 is 21.1. The van der Waals surface area contributed by atoms with Gasteiger partial charge in [-0.2, -0.15) is 4.99 Å². The lowest BCUT2D eigenvalue weighted by molar-refractivity contribution is -0.141. The molecule has 1 aromatic heterocycles. The number of hydrogen-bond donors (Lipinski definition) is 0. The van der Waals surface area contributed by atoms with Gasteiger partial charge in [-0.3, -0.25) is 9.59 Å². The second-order valence-corrected chi connectivity index (χ2v) is 6.95. The molecule has 0 fully saturated rings. The van der Waals surface area contributed by atoms with Crippen molar-refractivity contribution >= 4 is 45.0 Å². The van der Waals surface area contributed by atoms with E-state index in [0.717, 1.165) is 21.8 Å². The standard InChI is InChI=1S/C18H14ClFN2O3S/c1-10-6-7-13-14(8-10)26-18(22(13)9-15(23)25-2)21-17(24)16-11(19)4-3-5-12(16)20/h3-8H,9H2,1-2H3. The van der Waals surface area contributed by atoms with Crippen LogP contribution in [-0.4, -0.2) is 23.6 Å². The van der Waals surface area contributed by atoms with Crippen LogP contribution in [0.3, 0.4) is 0 Å². The molecule has 0 N–H and O–H groups in total. The Morgan fingerprint density at radius 2 is 2.08 bits per heavy atom. The summed E-state index contributed by atoms with van der Waals surface area (Å²) in [6.45, 7) is 1.82. The van der Waals surface area contributed by atoms with Crippen LogP contribution in [-0.2, 0) is 16.1 Å². The quantitative estimate of drug-likeness (QED) is 0.638. The first-order chi connectivity index (χ1) is 12.4. The van der Waals surface area contributed by atoms with Crippen LogP contribution >= 0.6 is 22.9 Å². The summed E-state index contributed by atoms with van der Waals surface area (Å²) in [6, 6.07) is 9.63. The maximum Gasteiger partial charge on any atom is 0.325 e. The number of hydrogen-bond acceptors (Lipinski definition) is 4. The van der Waals surface area contributed by atoms with Crippen molar-refractivity contribution in [3.05, 3.63) is 63.2 Å². The highest BCUT2D eigenvalue weighted by Crippen LogP contribution is 2.21. The Morgan fingerprint density at radius 1 is 1.31 bits per heavy atom. The Labute approximate surface area is 157 Å². The Bertz CT molecular complexity index is 1070. The molecule has 0 radical (unpaired) electrons. The van der Waals surface area contributed by atoms with E-state index in [-0.39, 0.29) is 21.9 Å². The van der Waals surface area contributed by atoms with Crippen LogP contribution in [0.25, 0.3) is 10.2 Å². The molecule has 1 heterocycles. The smallest absolute Gasteiger partial charge is 0.325 e. The minimum absolute atomic E-state index is 0.0183. The molecule has 8 heteroatoms. The van der Waals surface area contributed by atoms with Crippen LogP contribution in [0.2, 0.25) is 5.02 Å². The lowest BCUT2D eigenvalue weighted by atomic mass is 10.2. The van der Waals surface area contributed by atoms with Gasteiger partial charge in [0.05, 0.1) is 27.9 Å². The summed E-state index contributed by atoms with van der Waals surface area (Å²) in [5.41, 5.74) is 1.46. The number of nitrogens with zero attached hydrogens (tertiary/aromatic N) is 2. The maximum atomic E-state index is 14.0. The molecule has 3 aromatic rings. The van der Waals surface area contributed by atoms with E-state index in [2.05, 4.69) is 4.99 Å². The van der Waals surface area contributed by atoms with Crippen LogP contribution in [0.5, 0.6) is 0 Å². The van der Waals surface area contributed by atoms with Gasteiger partial charge in [-0.25, -0.2) is 4.39 Å². The Morgan fingerprint density at radius 3 is 2.77 bits per heavy atom. The highest BCUT2D eigenvalue weighted by molar-refractivity contribution is 7.16. The van der Waals surface area contributed by atoms with E-state index in [4.69, 9.17) is 16.3 Å². The highest BCUT2D eigenvalue weighted by Gasteiger charge is 2.17. The maximum absolute atomic E-state index is 14.0. The van der Waals surface area contributed by atoms with Crippen molar-refractivity contribution in [2.45, 2.75) is 13.5 Å². The van der Waals surface area contributed by atoms with E-state index >= 15 is 0 Å². The van der Waals surface area contributed by atoms with Crippen molar-refractivity contribution < 1.29 is 18.7 Å². The number of carbonyl (C=O) groups is 2. The van der Waals surface area contributed by atoms with Gasteiger partial charge in [0, 0.05) is 0 Å². The van der Waals surface area contributed by atoms with E-state index in [1.54, 1.807) is 4.57 Å². The van der Waals surface area contributed by atoms with Crippen LogP contribution < -0.4 is 4.80 Å². The van der Waals surface area contributed by atoms with Crippen LogP contribution in [0.15, 0.2) is 41.4 Å². The fourth-order valence-corrected chi connectivity index (χ4v) is 3.83. The van der Waals surface area contributed by atoms with Gasteiger partial charge in [0.15, 0.2) is 4.80 Å². The molecule has 0 unspecified atom stereocenters. The van der Waals surface area contributed by atoms with E-state index in [9.17, 15) is 14.0 Å². The van der Waals surface area contributed by atoms with Crippen molar-refractivity contribution in [1.82, 2.24) is 4.57 Å². The SMILES string of the molecule is COC(=O)Cn1c(=NC(=O)c2c(F)cccc2Cl)sc2cc(C)ccc21. The van der Waals surface area contributed by atoms with Gasteiger partial charge in [-0.15, -0.1) is 0 Å². The third-order valence-electron chi connectivity index (χ3n) is 3.73. The first-order valence-corrected chi connectivity index (χ1v) is 8.80. The van der Waals surface area contributed by atoms with E-state index in [1.807, 2.05) is 25.1 Å². The first kappa shape index (κ1) is 18.3. The predicted octanol–water partition coefficient (Wildman–Crippen LogP) is 3.72. The number of aryl methyl sites for hydroxylation is 1. The average Bonchev–Trinajstić information content (AvgIpc) is 2.90. The molecule has 5 nitrogen and oxygen atoms in total. The van der Waals surface area contributed by atoms with E-state index in [0.29, 0.717) is 0 Å². The molecular weight excluding hydrogens is 379 g/mol. The lowest BCUT2D eigenvalue weighted by Crippen LogP contribution is -2.22. The molecule has 0 bridgehead atoms. The van der Waals surface area contributed by atoms with Gasteiger partial charge in [-0.1, -0.05) is 35.1 Å². The summed E-state index contributed by atoms with van der Waals surface area (Å²) in [6.07, 6.45) is 0. The largest absolute Gasteiger partial charge is 0.468 e. The molecule has 0 aliphatic rings. The van der Waals surface area contributed by atoms with Gasteiger partial charge in [0.2, 0.25) is 0 Å². The van der Waals surface area contributed by atoms with Gasteiger partial charge in [0.25, 0.3) is 5.91 Å². The fraction of sp³-hybridized carbons (Fsp3) is 0.167. The number of esters is 1. The number of fused-ring (bicyclic) bond motifs is 1. The number of carbonyl (C=O) groups excluding carboxylic acids is 2. The topological polar surface area (TPSA) is 60.7 Å². The van der Waals surface area contributed by atoms with Gasteiger partial charge >= 0.3 is 5.97 Å². The third kappa shape index (κ3) is 3.54. The summed E-state index contributed by atoms with van der Waals surface area (Å²) in [5, 5.41) is -0.0183. The Kier molecular flexibility index (Phi) is 5.20. The monoisotopic (exact) mass is 392 g/mol. The minimum Gasteiger partial charge on any atom is -0.468 e. The molecule has 2 aromatic carbocycles. The van der Waals surface area contributed by atoms with Gasteiger partial charge in [0.1, 0.15) is 12.4 Å². The number of benzene rings is 2. The Balaban J connectivity index is 2.19. The number of aromatic nitrogens is 1. The van der Waals surface area contributed by atoms with Gasteiger partial charge < -0.3 is 9.30 Å². The molecule has 0 atom stereocenters. The van der Waals surface area contributed by atoms with Gasteiger partial charge in [-0.05, 0) is 36.8 Å². The van der Waals surface area contributed by atoms with Crippen LogP contribution in [0, 0.1) is 12.7 Å². The van der Waals surface area contributed by atoms with Crippen molar-refractivity contribution in [1.29, 1.82) is 0 Å². The molecule has 0 spiro atoms. The number of methoxy groups -OCH3 is 1. The second kappa shape index (κ2) is 7.39. The van der Waals surface area contributed by atoms with E-state index in [1.165, 1.54) is 30.6 Å². The number of thiazole rings is 1. The normalized spacial score (nSPS) is 11.8. The number of rotatable bonds is 3. The molecule has 3 rings (SSSR count). The Hall–Kier alpha value is -2.51. The molecule has 0 saturated carbocycles. The molecule has 0 saturated heterocycles. The number of ether oxygens (including phenoxy) is 1. The third-order valence-corrected chi connectivity index (χ3v) is 5.08. The zero-order chi connectivity index (χ0) is 18.8. The first-order valence-electron chi connectivity index (χ1n) is 7.60. The summed E-state index contributed by atoms with van der Waals surface area (Å²) >= 11 is 7.17. The molecule has 0 aliphatic heterocycles. The molecular formula is C18H14ClFN2O3S. The van der Waals surface area contributed by atoms with Crippen molar-refractivity contribution in [3.63, 3.8) is 0 Å².